The normalized spacial score (nSPS) is 11.0. The zero-order valence-electron chi connectivity index (χ0n) is 16.3. The van der Waals surface area contributed by atoms with Crippen molar-refractivity contribution in [1.29, 1.82) is 0 Å². The Morgan fingerprint density at radius 1 is 0.935 bits per heavy atom. The summed E-state index contributed by atoms with van der Waals surface area (Å²) in [5.74, 6) is -1.54. The van der Waals surface area contributed by atoms with Crippen LogP contribution in [-0.2, 0) is 6.54 Å². The number of aromatic nitrogens is 3. The predicted octanol–water partition coefficient (Wildman–Crippen LogP) is 5.77. The first-order valence-electron chi connectivity index (χ1n) is 9.39. The van der Waals surface area contributed by atoms with Crippen LogP contribution in [0.15, 0.2) is 48.5 Å². The van der Waals surface area contributed by atoms with E-state index in [-0.39, 0.29) is 34.8 Å². The molecule has 0 saturated carbocycles. The first kappa shape index (κ1) is 20.9. The van der Waals surface area contributed by atoms with Gasteiger partial charge in [0.15, 0.2) is 5.52 Å². The van der Waals surface area contributed by atoms with Gasteiger partial charge in [-0.25, -0.2) is 23.1 Å². The highest BCUT2D eigenvalue weighted by molar-refractivity contribution is 6.30. The first-order chi connectivity index (χ1) is 14.9. The lowest BCUT2D eigenvalue weighted by Gasteiger charge is -2.12. The monoisotopic (exact) mass is 444 g/mol. The van der Waals surface area contributed by atoms with Gasteiger partial charge in [0.25, 0.3) is 0 Å². The molecule has 0 aliphatic rings. The van der Waals surface area contributed by atoms with Gasteiger partial charge in [0.05, 0.1) is 17.8 Å². The van der Waals surface area contributed by atoms with E-state index in [4.69, 9.17) is 16.3 Å². The average molecular weight is 445 g/mol. The summed E-state index contributed by atoms with van der Waals surface area (Å²) in [6, 6.07) is 11.5. The molecule has 4 rings (SSSR count). The summed E-state index contributed by atoms with van der Waals surface area (Å²) in [6.07, 6.45) is 0. The fraction of sp³-hybridized carbons (Fsp3) is 0.136. The minimum atomic E-state index is -0.770. The van der Waals surface area contributed by atoms with Crippen molar-refractivity contribution < 1.29 is 17.9 Å². The maximum atomic E-state index is 14.0. The number of pyridine rings is 1. The molecule has 0 spiro atoms. The minimum Gasteiger partial charge on any atom is -0.476 e. The standard InChI is InChI=1S/C22H16ClF3N4O/c1-2-31-21-20-19(8-7-18(28-20)12-3-5-14(24)6-4-12)29-22(30-21)27-11-15-16(25)9-13(23)10-17(15)26/h3-10H,2,11H2,1H3,(H,27,29,30). The van der Waals surface area contributed by atoms with Gasteiger partial charge < -0.3 is 10.1 Å². The zero-order valence-corrected chi connectivity index (χ0v) is 17.1. The summed E-state index contributed by atoms with van der Waals surface area (Å²) >= 11 is 5.66. The Morgan fingerprint density at radius 2 is 1.65 bits per heavy atom. The number of rotatable bonds is 6. The smallest absolute Gasteiger partial charge is 0.245 e. The van der Waals surface area contributed by atoms with Crippen LogP contribution in [0.1, 0.15) is 12.5 Å². The van der Waals surface area contributed by atoms with Crippen LogP contribution >= 0.6 is 11.6 Å². The van der Waals surface area contributed by atoms with Crippen LogP contribution in [-0.4, -0.2) is 21.6 Å². The molecule has 0 bridgehead atoms. The molecule has 0 radical (unpaired) electrons. The van der Waals surface area contributed by atoms with Crippen LogP contribution in [0.25, 0.3) is 22.3 Å². The molecule has 158 valence electrons. The molecule has 2 aromatic heterocycles. The van der Waals surface area contributed by atoms with E-state index < -0.39 is 11.6 Å². The Bertz CT molecular complexity index is 1230. The molecule has 0 amide bonds. The predicted molar refractivity (Wildman–Crippen MR) is 113 cm³/mol. The number of benzene rings is 2. The number of halogens is 4. The van der Waals surface area contributed by atoms with E-state index in [0.29, 0.717) is 23.3 Å². The third-order valence-corrected chi connectivity index (χ3v) is 4.68. The molecule has 9 heteroatoms. The molecule has 2 aromatic carbocycles. The molecule has 1 N–H and O–H groups in total. The summed E-state index contributed by atoms with van der Waals surface area (Å²) in [7, 11) is 0. The van der Waals surface area contributed by atoms with Crippen molar-refractivity contribution in [2.24, 2.45) is 0 Å². The first-order valence-corrected chi connectivity index (χ1v) is 9.77. The second-order valence-electron chi connectivity index (χ2n) is 6.56. The Balaban J connectivity index is 1.68. The van der Waals surface area contributed by atoms with Gasteiger partial charge in [0, 0.05) is 22.7 Å². The molecular weight excluding hydrogens is 429 g/mol. The highest BCUT2D eigenvalue weighted by Crippen LogP contribution is 2.27. The second-order valence-corrected chi connectivity index (χ2v) is 6.99. The molecule has 4 aromatic rings. The van der Waals surface area contributed by atoms with E-state index in [1.165, 1.54) is 12.1 Å². The number of anilines is 1. The van der Waals surface area contributed by atoms with Gasteiger partial charge >= 0.3 is 0 Å². The average Bonchev–Trinajstić information content (AvgIpc) is 2.73. The number of ether oxygens (including phenoxy) is 1. The molecule has 0 unspecified atom stereocenters. The van der Waals surface area contributed by atoms with Crippen LogP contribution in [0.5, 0.6) is 5.88 Å². The molecule has 0 aliphatic carbocycles. The lowest BCUT2D eigenvalue weighted by Crippen LogP contribution is -2.09. The SMILES string of the molecule is CCOc1nc(NCc2c(F)cc(Cl)cc2F)nc2ccc(-c3ccc(F)cc3)nc12. The lowest BCUT2D eigenvalue weighted by molar-refractivity contribution is 0.330. The number of hydrogen-bond acceptors (Lipinski definition) is 5. The van der Waals surface area contributed by atoms with E-state index in [0.717, 1.165) is 17.7 Å². The summed E-state index contributed by atoms with van der Waals surface area (Å²) in [4.78, 5) is 13.2. The maximum Gasteiger partial charge on any atom is 0.245 e. The van der Waals surface area contributed by atoms with Crippen LogP contribution < -0.4 is 10.1 Å². The van der Waals surface area contributed by atoms with E-state index >= 15 is 0 Å². The molecule has 5 nitrogen and oxygen atoms in total. The molecular formula is C22H16ClF3N4O. The number of nitrogens with one attached hydrogen (secondary N) is 1. The second kappa shape index (κ2) is 8.77. The van der Waals surface area contributed by atoms with E-state index in [9.17, 15) is 13.2 Å². The fourth-order valence-corrected chi connectivity index (χ4v) is 3.19. The van der Waals surface area contributed by atoms with Gasteiger partial charge in [0.1, 0.15) is 17.5 Å². The van der Waals surface area contributed by atoms with Crippen LogP contribution in [0.3, 0.4) is 0 Å². The summed E-state index contributed by atoms with van der Waals surface area (Å²) < 4.78 is 46.9. The fourth-order valence-electron chi connectivity index (χ4n) is 2.99. The van der Waals surface area contributed by atoms with Gasteiger partial charge in [-0.15, -0.1) is 0 Å². The van der Waals surface area contributed by atoms with Crippen molar-refractivity contribution in [1.82, 2.24) is 15.0 Å². The summed E-state index contributed by atoms with van der Waals surface area (Å²) in [6.45, 7) is 1.94. The van der Waals surface area contributed by atoms with E-state index in [2.05, 4.69) is 20.3 Å². The van der Waals surface area contributed by atoms with Crippen molar-refractivity contribution in [3.63, 3.8) is 0 Å². The number of nitrogens with zero attached hydrogens (tertiary/aromatic N) is 3. The molecule has 0 atom stereocenters. The van der Waals surface area contributed by atoms with Crippen LogP contribution in [0.4, 0.5) is 19.1 Å². The quantitative estimate of drug-likeness (QED) is 0.409. The Kier molecular flexibility index (Phi) is 5.90. The van der Waals surface area contributed by atoms with Gasteiger partial charge in [-0.05, 0) is 55.5 Å². The highest BCUT2D eigenvalue weighted by Gasteiger charge is 2.15. The van der Waals surface area contributed by atoms with E-state index in [1.54, 1.807) is 31.2 Å². The van der Waals surface area contributed by atoms with Crippen molar-refractivity contribution in [2.75, 3.05) is 11.9 Å². The topological polar surface area (TPSA) is 59.9 Å². The minimum absolute atomic E-state index is 0.0256. The molecule has 31 heavy (non-hydrogen) atoms. The largest absolute Gasteiger partial charge is 0.476 e. The Hall–Kier alpha value is -3.39. The lowest BCUT2D eigenvalue weighted by atomic mass is 10.1. The molecule has 0 fully saturated rings. The summed E-state index contributed by atoms with van der Waals surface area (Å²) in [5, 5.41) is 2.79. The van der Waals surface area contributed by atoms with Gasteiger partial charge in [-0.2, -0.15) is 4.98 Å². The van der Waals surface area contributed by atoms with Crippen molar-refractivity contribution in [3.8, 4) is 17.1 Å². The van der Waals surface area contributed by atoms with Crippen LogP contribution in [0.2, 0.25) is 5.02 Å². The third-order valence-electron chi connectivity index (χ3n) is 4.46. The van der Waals surface area contributed by atoms with Crippen molar-refractivity contribution in [3.05, 3.63) is 76.6 Å². The van der Waals surface area contributed by atoms with Gasteiger partial charge in [-0.1, -0.05) is 11.6 Å². The van der Waals surface area contributed by atoms with Gasteiger partial charge in [-0.3, -0.25) is 0 Å². The molecule has 2 heterocycles. The number of hydrogen-bond donors (Lipinski definition) is 1. The van der Waals surface area contributed by atoms with Gasteiger partial charge in [0.2, 0.25) is 11.8 Å². The van der Waals surface area contributed by atoms with Crippen LogP contribution in [0, 0.1) is 17.5 Å². The number of fused-ring (bicyclic) bond motifs is 1. The Labute approximate surface area is 180 Å². The molecule has 0 saturated heterocycles. The molecule has 0 aliphatic heterocycles. The Morgan fingerprint density at radius 3 is 2.32 bits per heavy atom. The third kappa shape index (κ3) is 4.54. The highest BCUT2D eigenvalue weighted by atomic mass is 35.5. The van der Waals surface area contributed by atoms with E-state index in [1.807, 2.05) is 0 Å². The van der Waals surface area contributed by atoms with Crippen molar-refractivity contribution >= 4 is 28.6 Å². The zero-order chi connectivity index (χ0) is 22.0. The van der Waals surface area contributed by atoms with Crippen molar-refractivity contribution in [2.45, 2.75) is 13.5 Å². The maximum absolute atomic E-state index is 14.0. The summed E-state index contributed by atoms with van der Waals surface area (Å²) in [5.41, 5.74) is 2.03.